The number of rotatable bonds is 37. The molecule has 0 heterocycles. The van der Waals surface area contributed by atoms with E-state index in [1.165, 1.54) is 64.2 Å². The predicted octanol–water partition coefficient (Wildman–Crippen LogP) is 6.23. The first kappa shape index (κ1) is 54.2. The maximum absolute atomic E-state index is 12.9. The first-order chi connectivity index (χ1) is 27.1. The van der Waals surface area contributed by atoms with E-state index in [9.17, 15) is 24.0 Å². The van der Waals surface area contributed by atoms with Crippen LogP contribution in [-0.2, 0) is 47.7 Å². The molecule has 4 N–H and O–H groups in total. The highest BCUT2D eigenvalue weighted by Crippen LogP contribution is 2.16. The second-order valence-electron chi connectivity index (χ2n) is 16.6. The van der Waals surface area contributed by atoms with Gasteiger partial charge in [0.05, 0.1) is 39.6 Å². The maximum Gasteiger partial charge on any atom is 0.329 e. The summed E-state index contributed by atoms with van der Waals surface area (Å²) in [5.74, 6) is -1.41. The molecule has 0 aromatic carbocycles. The Labute approximate surface area is 344 Å². The van der Waals surface area contributed by atoms with Crippen molar-refractivity contribution < 1.29 is 52.8 Å². The van der Waals surface area contributed by atoms with E-state index in [1.54, 1.807) is 20.8 Å². The van der Waals surface area contributed by atoms with Gasteiger partial charge in [-0.25, -0.2) is 4.79 Å². The third-order valence-electron chi connectivity index (χ3n) is 8.62. The molecule has 0 aliphatic heterocycles. The lowest BCUT2D eigenvalue weighted by atomic mass is 10.0. The first-order valence-corrected chi connectivity index (χ1v) is 21.7. The van der Waals surface area contributed by atoms with Crippen LogP contribution in [0.2, 0.25) is 0 Å². The Morgan fingerprint density at radius 2 is 0.930 bits per heavy atom. The van der Waals surface area contributed by atoms with Crippen molar-refractivity contribution in [1.82, 2.24) is 16.0 Å². The maximum atomic E-state index is 12.9. The number of carbonyl (C=O) groups excluding carboxylic acids is 5. The van der Waals surface area contributed by atoms with E-state index in [4.69, 9.17) is 28.8 Å². The average Bonchev–Trinajstić information content (AvgIpc) is 3.12. The number of aliphatic hydroxyl groups is 1. The number of esters is 2. The smallest absolute Gasteiger partial charge is 0.329 e. The minimum absolute atomic E-state index is 0.0351. The number of amides is 3. The molecule has 0 aliphatic rings. The van der Waals surface area contributed by atoms with E-state index >= 15 is 0 Å². The van der Waals surface area contributed by atoms with Crippen LogP contribution < -0.4 is 16.0 Å². The molecule has 0 radical (unpaired) electrons. The highest BCUT2D eigenvalue weighted by atomic mass is 16.6. The van der Waals surface area contributed by atoms with Crippen LogP contribution in [0.5, 0.6) is 0 Å². The number of unbranched alkanes of at least 4 members (excludes halogenated alkanes) is 15. The fourth-order valence-corrected chi connectivity index (χ4v) is 5.80. The van der Waals surface area contributed by atoms with Crippen molar-refractivity contribution in [2.24, 2.45) is 0 Å². The predicted molar refractivity (Wildman–Crippen MR) is 222 cm³/mol. The van der Waals surface area contributed by atoms with E-state index in [0.29, 0.717) is 26.0 Å². The van der Waals surface area contributed by atoms with Gasteiger partial charge in [0, 0.05) is 32.4 Å². The Kier molecular flexibility index (Phi) is 33.4. The molecule has 14 heteroatoms. The van der Waals surface area contributed by atoms with Gasteiger partial charge in [0.2, 0.25) is 17.7 Å². The Balaban J connectivity index is 3.97. The third-order valence-corrected chi connectivity index (χ3v) is 8.62. The molecule has 0 aliphatic carbocycles. The molecule has 57 heavy (non-hydrogen) atoms. The highest BCUT2D eigenvalue weighted by Gasteiger charge is 2.27. The molecule has 0 rings (SSSR count). The van der Waals surface area contributed by atoms with Crippen molar-refractivity contribution in [3.8, 4) is 0 Å². The Morgan fingerprint density at radius 3 is 1.42 bits per heavy atom. The lowest BCUT2D eigenvalue weighted by Gasteiger charge is -2.24. The normalized spacial score (nSPS) is 12.2. The van der Waals surface area contributed by atoms with Crippen molar-refractivity contribution >= 4 is 29.7 Å². The second-order valence-corrected chi connectivity index (χ2v) is 16.6. The summed E-state index contributed by atoms with van der Waals surface area (Å²) >= 11 is 0. The van der Waals surface area contributed by atoms with Crippen LogP contribution in [0.25, 0.3) is 0 Å². The molecule has 334 valence electrons. The van der Waals surface area contributed by atoms with Gasteiger partial charge in [-0.15, -0.1) is 0 Å². The van der Waals surface area contributed by atoms with Gasteiger partial charge < -0.3 is 44.7 Å². The summed E-state index contributed by atoms with van der Waals surface area (Å²) in [6.45, 7) is 12.7. The highest BCUT2D eigenvalue weighted by molar-refractivity contribution is 5.85. The Bertz CT molecular complexity index is 1060. The average molecular weight is 816 g/mol. The third kappa shape index (κ3) is 39.8. The molecule has 0 unspecified atom stereocenters. The molecule has 0 saturated carbocycles. The Hall–Kier alpha value is -2.81. The van der Waals surface area contributed by atoms with Gasteiger partial charge in [-0.3, -0.25) is 19.2 Å². The summed E-state index contributed by atoms with van der Waals surface area (Å²) < 4.78 is 26.6. The van der Waals surface area contributed by atoms with E-state index in [2.05, 4.69) is 16.0 Å². The van der Waals surface area contributed by atoms with E-state index in [0.717, 1.165) is 38.5 Å². The molecular formula is C43H81N3O11. The van der Waals surface area contributed by atoms with Crippen molar-refractivity contribution in [2.75, 3.05) is 59.3 Å². The molecule has 0 aromatic heterocycles. The summed E-state index contributed by atoms with van der Waals surface area (Å²) in [5, 5.41) is 16.8. The molecule has 3 amide bonds. The van der Waals surface area contributed by atoms with Gasteiger partial charge in [-0.1, -0.05) is 89.9 Å². The van der Waals surface area contributed by atoms with Crippen molar-refractivity contribution in [1.29, 1.82) is 0 Å². The number of nitrogens with one attached hydrogen (secondary N) is 3. The zero-order valence-electron chi connectivity index (χ0n) is 36.6. The van der Waals surface area contributed by atoms with E-state index in [1.807, 2.05) is 20.8 Å². The van der Waals surface area contributed by atoms with Gasteiger partial charge in [-0.05, 0) is 60.8 Å². The van der Waals surface area contributed by atoms with Crippen LogP contribution in [0, 0.1) is 0 Å². The van der Waals surface area contributed by atoms with Crippen molar-refractivity contribution in [3.05, 3.63) is 0 Å². The standard InChI is InChI=1S/C43H81N3O11/c1-42(2,3)56-40(51)24-22-20-18-16-14-12-10-8-7-9-11-13-15-17-19-21-23-38(49)46-36(41(52)57-43(4,5)6)25-26-37(48)44-27-31-54-33-34-55-35-39(50)45-28-30-53-32-29-47/h36,47H,7-35H2,1-6H3,(H,44,48)(H,45,50)(H,46,49)/t36-/m0/s1. The van der Waals surface area contributed by atoms with Crippen molar-refractivity contribution in [2.45, 2.75) is 187 Å². The number of ether oxygens (including phenoxy) is 5. The van der Waals surface area contributed by atoms with Gasteiger partial charge in [0.1, 0.15) is 23.9 Å². The summed E-state index contributed by atoms with van der Waals surface area (Å²) in [6.07, 6.45) is 19.6. The summed E-state index contributed by atoms with van der Waals surface area (Å²) in [4.78, 5) is 61.5. The second kappa shape index (κ2) is 35.2. The van der Waals surface area contributed by atoms with Crippen LogP contribution in [0.1, 0.15) is 170 Å². The SMILES string of the molecule is CC(C)(C)OC(=O)CCCCCCCCCCCCCCCCCCC(=O)N[C@@H](CCC(=O)NCCOCCOCC(=O)NCCOCCO)C(=O)OC(C)(C)C. The lowest BCUT2D eigenvalue weighted by molar-refractivity contribution is -0.159. The molecule has 0 aromatic rings. The largest absolute Gasteiger partial charge is 0.460 e. The van der Waals surface area contributed by atoms with Crippen LogP contribution in [0.3, 0.4) is 0 Å². The zero-order valence-corrected chi connectivity index (χ0v) is 36.6. The van der Waals surface area contributed by atoms with E-state index in [-0.39, 0.29) is 82.7 Å². The molecule has 14 nitrogen and oxygen atoms in total. The Morgan fingerprint density at radius 1 is 0.491 bits per heavy atom. The van der Waals surface area contributed by atoms with Crippen LogP contribution in [-0.4, -0.2) is 111 Å². The minimum Gasteiger partial charge on any atom is -0.460 e. The van der Waals surface area contributed by atoms with Gasteiger partial charge in [-0.2, -0.15) is 0 Å². The fourth-order valence-electron chi connectivity index (χ4n) is 5.80. The molecule has 0 saturated heterocycles. The summed E-state index contributed by atoms with van der Waals surface area (Å²) in [6, 6.07) is -0.914. The minimum atomic E-state index is -0.914. The summed E-state index contributed by atoms with van der Waals surface area (Å²) in [7, 11) is 0. The van der Waals surface area contributed by atoms with Gasteiger partial charge in [0.25, 0.3) is 0 Å². The lowest BCUT2D eigenvalue weighted by Crippen LogP contribution is -2.44. The topological polar surface area (TPSA) is 188 Å². The quantitative estimate of drug-likeness (QED) is 0.0411. The number of carbonyl (C=O) groups is 5. The number of hydrogen-bond donors (Lipinski definition) is 4. The fraction of sp³-hybridized carbons (Fsp3) is 0.884. The molecular weight excluding hydrogens is 734 g/mol. The van der Waals surface area contributed by atoms with E-state index < -0.39 is 23.2 Å². The van der Waals surface area contributed by atoms with Gasteiger partial charge in [0.15, 0.2) is 0 Å². The number of hydrogen-bond acceptors (Lipinski definition) is 11. The van der Waals surface area contributed by atoms with Crippen LogP contribution in [0.15, 0.2) is 0 Å². The van der Waals surface area contributed by atoms with Crippen LogP contribution >= 0.6 is 0 Å². The first-order valence-electron chi connectivity index (χ1n) is 21.7. The van der Waals surface area contributed by atoms with Crippen molar-refractivity contribution in [3.63, 3.8) is 0 Å². The monoisotopic (exact) mass is 816 g/mol. The molecule has 1 atom stereocenters. The number of aliphatic hydroxyl groups excluding tert-OH is 1. The van der Waals surface area contributed by atoms with Crippen LogP contribution in [0.4, 0.5) is 0 Å². The van der Waals surface area contributed by atoms with Gasteiger partial charge >= 0.3 is 11.9 Å². The molecule has 0 fully saturated rings. The molecule has 0 spiro atoms. The molecule has 0 bridgehead atoms. The zero-order chi connectivity index (χ0) is 42.6. The summed E-state index contributed by atoms with van der Waals surface area (Å²) in [5.41, 5.74) is -1.12.